The van der Waals surface area contributed by atoms with Crippen LogP contribution in [0.25, 0.3) is 11.0 Å². The van der Waals surface area contributed by atoms with Crippen molar-refractivity contribution in [2.75, 3.05) is 11.1 Å². The molecule has 0 aliphatic carbocycles. The average Bonchev–Trinajstić information content (AvgIpc) is 3.23. The van der Waals surface area contributed by atoms with Crippen LogP contribution in [0.3, 0.4) is 0 Å². The molecule has 0 bridgehead atoms. The first-order valence-corrected chi connectivity index (χ1v) is 10.4. The van der Waals surface area contributed by atoms with Crippen LogP contribution in [-0.4, -0.2) is 31.0 Å². The lowest BCUT2D eigenvalue weighted by Crippen LogP contribution is -2.29. The number of rotatable bonds is 3. The van der Waals surface area contributed by atoms with Crippen LogP contribution in [0.4, 0.5) is 10.1 Å². The number of halogens is 2. The number of aromatic nitrogens is 4. The lowest BCUT2D eigenvalue weighted by molar-refractivity contribution is -0.116. The Morgan fingerprint density at radius 3 is 2.86 bits per heavy atom. The molecular formula is C19H19ClFN5O2S. The topological polar surface area (TPSA) is 81.8 Å². The molecule has 7 nitrogen and oxygen atoms in total. The second-order valence-corrected chi connectivity index (χ2v) is 9.27. The highest BCUT2D eigenvalue weighted by Crippen LogP contribution is 2.34. The molecule has 1 amide bonds. The fourth-order valence-corrected chi connectivity index (χ4v) is 4.58. The van der Waals surface area contributed by atoms with Gasteiger partial charge in [-0.05, 0) is 39.0 Å². The minimum absolute atomic E-state index is 0.0664. The van der Waals surface area contributed by atoms with Gasteiger partial charge in [-0.15, -0.1) is 0 Å². The summed E-state index contributed by atoms with van der Waals surface area (Å²) in [6, 6.07) is 3.66. The molecule has 1 N–H and O–H groups in total. The molecule has 2 aromatic heterocycles. The summed E-state index contributed by atoms with van der Waals surface area (Å²) in [7, 11) is 0. The molecule has 3 heterocycles. The van der Waals surface area contributed by atoms with Gasteiger partial charge in [0.25, 0.3) is 5.56 Å². The van der Waals surface area contributed by atoms with Crippen LogP contribution < -0.4 is 10.9 Å². The van der Waals surface area contributed by atoms with E-state index in [4.69, 9.17) is 11.6 Å². The quantitative estimate of drug-likeness (QED) is 0.632. The van der Waals surface area contributed by atoms with Crippen molar-refractivity contribution >= 4 is 46.0 Å². The van der Waals surface area contributed by atoms with E-state index in [1.54, 1.807) is 9.25 Å². The molecule has 1 unspecified atom stereocenters. The molecule has 10 heteroatoms. The number of carbonyl (C=O) groups excluding carboxylic acids is 1. The van der Waals surface area contributed by atoms with Gasteiger partial charge in [0.1, 0.15) is 11.2 Å². The van der Waals surface area contributed by atoms with Gasteiger partial charge < -0.3 is 5.32 Å². The molecule has 1 aromatic carbocycles. The Morgan fingerprint density at radius 2 is 2.17 bits per heavy atom. The number of hydrogen-bond donors (Lipinski definition) is 1. The van der Waals surface area contributed by atoms with Crippen LogP contribution >= 0.6 is 23.4 Å². The van der Waals surface area contributed by atoms with Crippen molar-refractivity contribution in [1.29, 1.82) is 0 Å². The Morgan fingerprint density at radius 1 is 1.41 bits per heavy atom. The largest absolute Gasteiger partial charge is 0.326 e. The third-order valence-corrected chi connectivity index (χ3v) is 6.02. The highest BCUT2D eigenvalue weighted by atomic mass is 35.5. The van der Waals surface area contributed by atoms with Crippen molar-refractivity contribution in [1.82, 2.24) is 19.3 Å². The number of nitrogens with one attached hydrogen (secondary N) is 1. The van der Waals surface area contributed by atoms with Gasteiger partial charge in [-0.1, -0.05) is 23.4 Å². The minimum atomic E-state index is -0.553. The van der Waals surface area contributed by atoms with Gasteiger partial charge in [-0.2, -0.15) is 5.10 Å². The fourth-order valence-electron chi connectivity index (χ4n) is 3.27. The van der Waals surface area contributed by atoms with Crippen molar-refractivity contribution in [3.05, 3.63) is 45.6 Å². The van der Waals surface area contributed by atoms with Crippen molar-refractivity contribution < 1.29 is 9.18 Å². The first-order chi connectivity index (χ1) is 13.6. The van der Waals surface area contributed by atoms with Crippen molar-refractivity contribution in [2.45, 2.75) is 43.9 Å². The SMILES string of the molecule is CC(C)(C)n1ncc2c(=O)n3c(nc21)SCC3CC(=O)Nc1ccc(F)c(Cl)c1. The predicted molar refractivity (Wildman–Crippen MR) is 111 cm³/mol. The van der Waals surface area contributed by atoms with Crippen LogP contribution in [0.1, 0.15) is 33.2 Å². The molecule has 29 heavy (non-hydrogen) atoms. The molecule has 4 rings (SSSR count). The molecule has 1 aliphatic rings. The van der Waals surface area contributed by atoms with Crippen molar-refractivity contribution in [2.24, 2.45) is 0 Å². The number of amides is 1. The summed E-state index contributed by atoms with van der Waals surface area (Å²) in [5.74, 6) is -0.276. The van der Waals surface area contributed by atoms with Crippen molar-refractivity contribution in [3.8, 4) is 0 Å². The number of anilines is 1. The highest BCUT2D eigenvalue weighted by Gasteiger charge is 2.30. The molecular weight excluding hydrogens is 417 g/mol. The molecule has 152 valence electrons. The van der Waals surface area contributed by atoms with Gasteiger partial charge in [0, 0.05) is 17.9 Å². The van der Waals surface area contributed by atoms with Crippen LogP contribution in [0.15, 0.2) is 34.3 Å². The lowest BCUT2D eigenvalue weighted by Gasteiger charge is -2.20. The zero-order chi connectivity index (χ0) is 20.9. The van der Waals surface area contributed by atoms with Gasteiger partial charge in [-0.25, -0.2) is 14.1 Å². The Balaban J connectivity index is 1.60. The maximum Gasteiger partial charge on any atom is 0.265 e. The van der Waals surface area contributed by atoms with Gasteiger partial charge in [-0.3, -0.25) is 14.2 Å². The Bertz CT molecular complexity index is 1180. The van der Waals surface area contributed by atoms with E-state index in [-0.39, 0.29) is 34.5 Å². The second kappa shape index (κ2) is 7.14. The Hall–Kier alpha value is -2.39. The normalized spacial score (nSPS) is 16.2. The number of benzene rings is 1. The standard InChI is InChI=1S/C19H19ClFN5O2S/c1-19(2,3)26-16-12(8-22-26)17(28)25-11(9-29-18(25)24-16)7-15(27)23-10-4-5-14(21)13(20)6-10/h4-6,8,11H,7,9H2,1-3H3,(H,23,27). The molecule has 0 saturated heterocycles. The van der Waals surface area contributed by atoms with Crippen LogP contribution in [0, 0.1) is 5.82 Å². The molecule has 0 spiro atoms. The summed E-state index contributed by atoms with van der Waals surface area (Å²) < 4.78 is 16.6. The maximum absolute atomic E-state index is 13.3. The van der Waals surface area contributed by atoms with E-state index in [2.05, 4.69) is 15.4 Å². The first kappa shape index (κ1) is 19.9. The smallest absolute Gasteiger partial charge is 0.265 e. The molecule has 0 radical (unpaired) electrons. The lowest BCUT2D eigenvalue weighted by atomic mass is 10.1. The van der Waals surface area contributed by atoms with E-state index in [9.17, 15) is 14.0 Å². The summed E-state index contributed by atoms with van der Waals surface area (Å²) in [4.78, 5) is 30.2. The van der Waals surface area contributed by atoms with Gasteiger partial charge >= 0.3 is 0 Å². The molecule has 1 aliphatic heterocycles. The zero-order valence-corrected chi connectivity index (χ0v) is 17.6. The van der Waals surface area contributed by atoms with Gasteiger partial charge in [0.15, 0.2) is 10.8 Å². The maximum atomic E-state index is 13.3. The van der Waals surface area contributed by atoms with E-state index < -0.39 is 5.82 Å². The predicted octanol–water partition coefficient (Wildman–Crippen LogP) is 3.82. The summed E-state index contributed by atoms with van der Waals surface area (Å²) >= 11 is 7.19. The van der Waals surface area contributed by atoms with Crippen LogP contribution in [0.5, 0.6) is 0 Å². The van der Waals surface area contributed by atoms with Crippen molar-refractivity contribution in [3.63, 3.8) is 0 Å². The molecule has 0 fully saturated rings. The first-order valence-electron chi connectivity index (χ1n) is 9.03. The summed E-state index contributed by atoms with van der Waals surface area (Å²) in [6.07, 6.45) is 1.62. The minimum Gasteiger partial charge on any atom is -0.326 e. The Labute approximate surface area is 175 Å². The van der Waals surface area contributed by atoms with E-state index in [0.717, 1.165) is 0 Å². The van der Waals surface area contributed by atoms with Gasteiger partial charge in [0.05, 0.1) is 22.8 Å². The van der Waals surface area contributed by atoms with Gasteiger partial charge in [0.2, 0.25) is 5.91 Å². The van der Waals surface area contributed by atoms with Crippen LogP contribution in [-0.2, 0) is 10.3 Å². The summed E-state index contributed by atoms with van der Waals surface area (Å²) in [6.45, 7) is 5.98. The monoisotopic (exact) mass is 435 g/mol. The second-order valence-electron chi connectivity index (χ2n) is 7.88. The zero-order valence-electron chi connectivity index (χ0n) is 16.1. The third kappa shape index (κ3) is 3.64. The summed E-state index contributed by atoms with van der Waals surface area (Å²) in [5.41, 5.74) is 0.444. The van der Waals surface area contributed by atoms with Crippen LogP contribution in [0.2, 0.25) is 5.02 Å². The Kier molecular flexibility index (Phi) is 4.90. The van der Waals surface area contributed by atoms with E-state index in [1.165, 1.54) is 36.2 Å². The fraction of sp³-hybridized carbons (Fsp3) is 0.368. The molecule has 1 atom stereocenters. The number of nitrogens with zero attached hydrogens (tertiary/aromatic N) is 4. The summed E-state index contributed by atoms with van der Waals surface area (Å²) in [5, 5.41) is 7.98. The highest BCUT2D eigenvalue weighted by molar-refractivity contribution is 7.99. The van der Waals surface area contributed by atoms with E-state index in [0.29, 0.717) is 27.6 Å². The number of hydrogen-bond acceptors (Lipinski definition) is 5. The van der Waals surface area contributed by atoms with E-state index in [1.807, 2.05) is 20.8 Å². The molecule has 0 saturated carbocycles. The number of fused-ring (bicyclic) bond motifs is 2. The number of thioether (sulfide) groups is 1. The number of carbonyl (C=O) groups is 1. The average molecular weight is 436 g/mol. The van der Waals surface area contributed by atoms with E-state index >= 15 is 0 Å². The molecule has 3 aromatic rings. The third-order valence-electron chi connectivity index (χ3n) is 4.63.